The molecule has 2 aromatic rings. The largest absolute Gasteiger partial charge is 1.00 e. The lowest BCUT2D eigenvalue weighted by Gasteiger charge is -2.11. The molecule has 0 aliphatic carbocycles. The van der Waals surface area contributed by atoms with Crippen molar-refractivity contribution in [2.75, 3.05) is 19.8 Å². The summed E-state index contributed by atoms with van der Waals surface area (Å²) in [5.41, 5.74) is 1.19. The van der Waals surface area contributed by atoms with Crippen molar-refractivity contribution in [2.45, 2.75) is 117 Å². The van der Waals surface area contributed by atoms with Gasteiger partial charge in [0.15, 0.2) is 18.5 Å². The van der Waals surface area contributed by atoms with Crippen LogP contribution < -0.4 is 43.3 Å². The molecule has 40 heavy (non-hydrogen) atoms. The SMILES string of the molecule is CCCCCCCCCCCCCCCCOc1ccc(OCC(=O)NCCc2cccc[n+]2CC)c(Cl)c1.[I-]. The predicted octanol–water partition coefficient (Wildman–Crippen LogP) is 5.25. The number of unbranched alkanes of at least 4 members (excludes halogenated alkanes) is 13. The minimum Gasteiger partial charge on any atom is -1.00 e. The molecule has 0 saturated heterocycles. The number of rotatable bonds is 23. The van der Waals surface area contributed by atoms with E-state index in [1.807, 2.05) is 18.2 Å². The maximum Gasteiger partial charge on any atom is 0.257 e. The highest BCUT2D eigenvalue weighted by atomic mass is 127. The van der Waals surface area contributed by atoms with Gasteiger partial charge in [-0.25, -0.2) is 4.57 Å². The Hall–Kier alpha value is -1.54. The lowest BCUT2D eigenvalue weighted by Crippen LogP contribution is -3.00. The number of nitrogens with zero attached hydrogens (tertiary/aromatic N) is 1. The van der Waals surface area contributed by atoms with Crippen LogP contribution in [0.1, 0.15) is 109 Å². The molecule has 226 valence electrons. The van der Waals surface area contributed by atoms with Gasteiger partial charge in [-0.05, 0) is 25.5 Å². The maximum atomic E-state index is 12.2. The lowest BCUT2D eigenvalue weighted by atomic mass is 10.0. The summed E-state index contributed by atoms with van der Waals surface area (Å²) in [5.74, 6) is 1.06. The number of halogens is 2. The molecule has 0 aliphatic rings. The van der Waals surface area contributed by atoms with Gasteiger partial charge in [0.05, 0.1) is 11.6 Å². The number of aryl methyl sites for hydroxylation is 1. The molecular formula is C33H52ClIN2O3. The molecule has 1 heterocycles. The van der Waals surface area contributed by atoms with Crippen molar-refractivity contribution < 1.29 is 42.8 Å². The Morgan fingerprint density at radius 1 is 0.825 bits per heavy atom. The average Bonchev–Trinajstić information content (AvgIpc) is 2.95. The van der Waals surface area contributed by atoms with E-state index in [2.05, 4.69) is 36.0 Å². The second-order valence-corrected chi connectivity index (χ2v) is 10.8. The van der Waals surface area contributed by atoms with Gasteiger partial charge in [0.1, 0.15) is 18.0 Å². The number of aromatic nitrogens is 1. The molecule has 2 rings (SSSR count). The Balaban J connectivity index is 0.00000800. The standard InChI is InChI=1S/C33H51ClN2O3.HI/c1-3-5-6-7-8-9-10-11-12-13-14-15-16-19-26-38-30-21-22-32(31(34)27-30)39-28-33(37)35-24-23-29-20-17-18-25-36(29)4-2;/h17-18,20-22,25,27H,3-16,19,23-24,26,28H2,1-2H3;1H. The van der Waals surface area contributed by atoms with Gasteiger partial charge in [0, 0.05) is 31.2 Å². The first-order valence-corrected chi connectivity index (χ1v) is 15.8. The van der Waals surface area contributed by atoms with Crippen LogP contribution in [-0.2, 0) is 17.8 Å². The normalized spacial score (nSPS) is 10.7. The Labute approximate surface area is 265 Å². The monoisotopic (exact) mass is 686 g/mol. The predicted molar refractivity (Wildman–Crippen MR) is 162 cm³/mol. The molecule has 0 bridgehead atoms. The van der Waals surface area contributed by atoms with Gasteiger partial charge in [-0.2, -0.15) is 0 Å². The van der Waals surface area contributed by atoms with Crippen LogP contribution in [0.25, 0.3) is 0 Å². The van der Waals surface area contributed by atoms with E-state index < -0.39 is 0 Å². The summed E-state index contributed by atoms with van der Waals surface area (Å²) in [7, 11) is 0. The Morgan fingerprint density at radius 3 is 2.05 bits per heavy atom. The number of pyridine rings is 1. The number of hydrogen-bond donors (Lipinski definition) is 1. The molecule has 1 aromatic heterocycles. The van der Waals surface area contributed by atoms with Gasteiger partial charge in [-0.15, -0.1) is 0 Å². The summed E-state index contributed by atoms with van der Waals surface area (Å²) in [4.78, 5) is 12.2. The number of hydrogen-bond acceptors (Lipinski definition) is 3. The molecule has 1 amide bonds. The molecule has 0 radical (unpaired) electrons. The van der Waals surface area contributed by atoms with Crippen LogP contribution in [0.5, 0.6) is 11.5 Å². The van der Waals surface area contributed by atoms with Crippen molar-refractivity contribution in [3.63, 3.8) is 0 Å². The highest BCUT2D eigenvalue weighted by Gasteiger charge is 2.10. The molecule has 0 atom stereocenters. The minimum atomic E-state index is -0.164. The van der Waals surface area contributed by atoms with Gasteiger partial charge in [-0.3, -0.25) is 4.79 Å². The highest BCUT2D eigenvalue weighted by molar-refractivity contribution is 6.32. The van der Waals surface area contributed by atoms with E-state index in [0.29, 0.717) is 23.9 Å². The molecule has 0 fully saturated rings. The molecular weight excluding hydrogens is 635 g/mol. The Bertz CT molecular complexity index is 928. The molecule has 1 aromatic carbocycles. The lowest BCUT2D eigenvalue weighted by molar-refractivity contribution is -0.700. The van der Waals surface area contributed by atoms with Crippen molar-refractivity contribution in [2.24, 2.45) is 0 Å². The third kappa shape index (κ3) is 16.7. The zero-order chi connectivity index (χ0) is 28.0. The first-order chi connectivity index (χ1) is 19.1. The Morgan fingerprint density at radius 2 is 1.45 bits per heavy atom. The summed E-state index contributed by atoms with van der Waals surface area (Å²) in [6, 6.07) is 11.5. The quantitative estimate of drug-likeness (QED) is 0.0988. The average molecular weight is 687 g/mol. The van der Waals surface area contributed by atoms with Crippen LogP contribution in [0.3, 0.4) is 0 Å². The van der Waals surface area contributed by atoms with E-state index >= 15 is 0 Å². The first kappa shape index (κ1) is 36.5. The molecule has 0 spiro atoms. The topological polar surface area (TPSA) is 51.4 Å². The smallest absolute Gasteiger partial charge is 0.257 e. The van der Waals surface area contributed by atoms with Crippen LogP contribution in [0.2, 0.25) is 5.02 Å². The second-order valence-electron chi connectivity index (χ2n) is 10.4. The van der Waals surface area contributed by atoms with Crippen LogP contribution in [0.15, 0.2) is 42.6 Å². The minimum absolute atomic E-state index is 0. The summed E-state index contributed by atoms with van der Waals surface area (Å²) in [6.07, 6.45) is 21.6. The first-order valence-electron chi connectivity index (χ1n) is 15.4. The summed E-state index contributed by atoms with van der Waals surface area (Å²) in [6.45, 7) is 6.48. The van der Waals surface area contributed by atoms with E-state index in [1.54, 1.807) is 12.1 Å². The van der Waals surface area contributed by atoms with Crippen LogP contribution in [0.4, 0.5) is 0 Å². The van der Waals surface area contributed by atoms with Gasteiger partial charge in [0.2, 0.25) is 0 Å². The van der Waals surface area contributed by atoms with Gasteiger partial charge in [0.25, 0.3) is 5.91 Å². The maximum absolute atomic E-state index is 12.2. The van der Waals surface area contributed by atoms with E-state index in [1.165, 1.54) is 89.2 Å². The van der Waals surface area contributed by atoms with Crippen LogP contribution >= 0.6 is 11.6 Å². The van der Waals surface area contributed by atoms with Crippen LogP contribution in [0, 0.1) is 0 Å². The third-order valence-corrected chi connectivity index (χ3v) is 7.40. The molecule has 0 aliphatic heterocycles. The third-order valence-electron chi connectivity index (χ3n) is 7.11. The molecule has 7 heteroatoms. The highest BCUT2D eigenvalue weighted by Crippen LogP contribution is 2.29. The van der Waals surface area contributed by atoms with Crippen molar-refractivity contribution in [3.05, 3.63) is 53.3 Å². The summed E-state index contributed by atoms with van der Waals surface area (Å²) >= 11 is 6.36. The van der Waals surface area contributed by atoms with Gasteiger partial charge >= 0.3 is 0 Å². The number of carbonyl (C=O) groups excluding carboxylic acids is 1. The van der Waals surface area contributed by atoms with Crippen molar-refractivity contribution in [1.82, 2.24) is 5.32 Å². The van der Waals surface area contributed by atoms with Gasteiger partial charge in [-0.1, -0.05) is 108 Å². The van der Waals surface area contributed by atoms with E-state index in [9.17, 15) is 4.79 Å². The van der Waals surface area contributed by atoms with E-state index in [0.717, 1.165) is 25.1 Å². The number of amides is 1. The van der Waals surface area contributed by atoms with Gasteiger partial charge < -0.3 is 38.8 Å². The number of carbonyl (C=O) groups is 1. The van der Waals surface area contributed by atoms with E-state index in [-0.39, 0.29) is 36.5 Å². The fourth-order valence-electron chi connectivity index (χ4n) is 4.75. The molecule has 5 nitrogen and oxygen atoms in total. The number of nitrogens with one attached hydrogen (secondary N) is 1. The second kappa shape index (κ2) is 24.1. The Kier molecular flexibility index (Phi) is 22.0. The molecule has 0 saturated carbocycles. The summed E-state index contributed by atoms with van der Waals surface area (Å²) in [5, 5.41) is 3.36. The zero-order valence-corrected chi connectivity index (χ0v) is 27.8. The number of ether oxygens (including phenoxy) is 2. The van der Waals surface area contributed by atoms with Crippen molar-refractivity contribution >= 4 is 17.5 Å². The zero-order valence-electron chi connectivity index (χ0n) is 24.9. The van der Waals surface area contributed by atoms with E-state index in [4.69, 9.17) is 21.1 Å². The van der Waals surface area contributed by atoms with Crippen molar-refractivity contribution in [1.29, 1.82) is 0 Å². The molecule has 0 unspecified atom stereocenters. The number of benzene rings is 1. The van der Waals surface area contributed by atoms with Crippen molar-refractivity contribution in [3.8, 4) is 11.5 Å². The fourth-order valence-corrected chi connectivity index (χ4v) is 4.97. The van der Waals surface area contributed by atoms with Crippen LogP contribution in [-0.4, -0.2) is 25.7 Å². The summed E-state index contributed by atoms with van der Waals surface area (Å²) < 4.78 is 13.7. The fraction of sp³-hybridized carbons (Fsp3) is 0.636. The molecule has 1 N–H and O–H groups in total.